The Labute approximate surface area is 194 Å². The molecule has 2 aliphatic carbocycles. The minimum atomic E-state index is -4.19. The molecular formula is C23H28N2O6S2. The molecule has 178 valence electrons. The van der Waals surface area contributed by atoms with Gasteiger partial charge in [-0.3, -0.25) is 9.78 Å². The molecule has 0 fully saturated rings. The van der Waals surface area contributed by atoms with Crippen molar-refractivity contribution in [3.8, 4) is 0 Å². The molecule has 0 unspecified atom stereocenters. The summed E-state index contributed by atoms with van der Waals surface area (Å²) in [4.78, 5) is 17.3. The van der Waals surface area contributed by atoms with Crippen molar-refractivity contribution in [2.24, 2.45) is 0 Å². The molecule has 1 aromatic carbocycles. The monoisotopic (exact) mass is 492 g/mol. The molecule has 0 bridgehead atoms. The third-order valence-corrected chi connectivity index (χ3v) is 8.86. The Morgan fingerprint density at radius 3 is 2.24 bits per heavy atom. The van der Waals surface area contributed by atoms with Crippen LogP contribution in [0.15, 0.2) is 28.0 Å². The fraction of sp³-hybridized carbons (Fsp3) is 0.478. The lowest BCUT2D eigenvalue weighted by Gasteiger charge is -2.15. The van der Waals surface area contributed by atoms with Crippen molar-refractivity contribution in [2.75, 3.05) is 13.4 Å². The highest BCUT2D eigenvalue weighted by molar-refractivity contribution is 7.91. The molecule has 1 aromatic heterocycles. The predicted octanol–water partition coefficient (Wildman–Crippen LogP) is 2.05. The third kappa shape index (κ3) is 4.97. The van der Waals surface area contributed by atoms with Crippen molar-refractivity contribution < 1.29 is 26.4 Å². The fourth-order valence-electron chi connectivity index (χ4n) is 4.81. The van der Waals surface area contributed by atoms with Gasteiger partial charge in [0.15, 0.2) is 9.84 Å². The van der Waals surface area contributed by atoms with Crippen molar-refractivity contribution in [2.45, 2.75) is 67.8 Å². The molecule has 0 saturated heterocycles. The first-order valence-corrected chi connectivity index (χ1v) is 14.4. The van der Waals surface area contributed by atoms with Gasteiger partial charge in [-0.25, -0.2) is 21.6 Å². The van der Waals surface area contributed by atoms with Gasteiger partial charge >= 0.3 is 0 Å². The zero-order valence-electron chi connectivity index (χ0n) is 18.8. The Balaban J connectivity index is 1.53. The fourth-order valence-corrected chi connectivity index (χ4v) is 6.70. The maximum Gasteiger partial charge on any atom is 0.264 e. The molecule has 1 amide bonds. The Morgan fingerprint density at radius 1 is 1.03 bits per heavy atom. The minimum absolute atomic E-state index is 0.0137. The number of ether oxygens (including phenoxy) is 1. The van der Waals surface area contributed by atoms with Gasteiger partial charge < -0.3 is 4.74 Å². The summed E-state index contributed by atoms with van der Waals surface area (Å²) in [6, 6.07) is 3.68. The standard InChI is InChI=1S/C23H28N2O6S2/c1-31-14-15-13-16(32(2,27)28)9-11-22(15)33(29,30)25-23(26)12-10-17-18-5-3-7-20(18)24-21-8-4-6-19(17)21/h9,11,13H,3-8,10,12,14H2,1-2H3,(H,25,26). The van der Waals surface area contributed by atoms with Crippen LogP contribution in [0.2, 0.25) is 0 Å². The van der Waals surface area contributed by atoms with E-state index in [9.17, 15) is 21.6 Å². The number of aryl methyl sites for hydroxylation is 2. The molecule has 0 atom stereocenters. The molecule has 2 aromatic rings. The zero-order chi connectivity index (χ0) is 23.8. The Bertz CT molecular complexity index is 1280. The molecular weight excluding hydrogens is 464 g/mol. The number of amides is 1. The molecule has 0 saturated carbocycles. The van der Waals surface area contributed by atoms with E-state index in [1.54, 1.807) is 0 Å². The number of pyridine rings is 1. The zero-order valence-corrected chi connectivity index (χ0v) is 20.4. The highest BCUT2D eigenvalue weighted by Gasteiger charge is 2.27. The van der Waals surface area contributed by atoms with Crippen molar-refractivity contribution in [3.05, 3.63) is 51.8 Å². The highest BCUT2D eigenvalue weighted by Crippen LogP contribution is 2.33. The molecule has 8 nitrogen and oxygen atoms in total. The van der Waals surface area contributed by atoms with Gasteiger partial charge in [-0.15, -0.1) is 0 Å². The molecule has 2 aliphatic rings. The van der Waals surface area contributed by atoms with Crippen LogP contribution in [0.5, 0.6) is 0 Å². The van der Waals surface area contributed by atoms with Crippen LogP contribution in [0.1, 0.15) is 52.9 Å². The number of hydrogen-bond donors (Lipinski definition) is 1. The maximum atomic E-state index is 12.9. The molecule has 1 N–H and O–H groups in total. The number of fused-ring (bicyclic) bond motifs is 2. The van der Waals surface area contributed by atoms with E-state index in [0.29, 0.717) is 6.42 Å². The van der Waals surface area contributed by atoms with Crippen molar-refractivity contribution in [1.82, 2.24) is 9.71 Å². The van der Waals surface area contributed by atoms with Crippen LogP contribution in [0.25, 0.3) is 0 Å². The summed E-state index contributed by atoms with van der Waals surface area (Å²) in [7, 11) is -6.33. The molecule has 0 spiro atoms. The Hall–Kier alpha value is -2.30. The van der Waals surface area contributed by atoms with E-state index < -0.39 is 25.8 Å². The molecule has 0 radical (unpaired) electrons. The van der Waals surface area contributed by atoms with Gasteiger partial charge in [-0.1, -0.05) is 0 Å². The number of methoxy groups -OCH3 is 1. The van der Waals surface area contributed by atoms with Crippen LogP contribution < -0.4 is 4.72 Å². The molecule has 0 aliphatic heterocycles. The van der Waals surface area contributed by atoms with Gasteiger partial charge in [0.05, 0.1) is 16.4 Å². The van der Waals surface area contributed by atoms with Crippen molar-refractivity contribution in [1.29, 1.82) is 0 Å². The number of carbonyl (C=O) groups excluding carboxylic acids is 1. The average molecular weight is 493 g/mol. The van der Waals surface area contributed by atoms with E-state index in [4.69, 9.17) is 9.72 Å². The summed E-state index contributed by atoms with van der Waals surface area (Å²) in [5.41, 5.74) is 6.10. The van der Waals surface area contributed by atoms with Crippen LogP contribution in [-0.2, 0) is 68.1 Å². The third-order valence-electron chi connectivity index (χ3n) is 6.28. The van der Waals surface area contributed by atoms with Gasteiger partial charge in [0, 0.05) is 31.2 Å². The van der Waals surface area contributed by atoms with Gasteiger partial charge in [0.2, 0.25) is 5.91 Å². The summed E-state index contributed by atoms with van der Waals surface area (Å²) < 4.78 is 56.8. The van der Waals surface area contributed by atoms with E-state index >= 15 is 0 Å². The number of aromatic nitrogens is 1. The largest absolute Gasteiger partial charge is 0.380 e. The Morgan fingerprint density at radius 2 is 1.67 bits per heavy atom. The van der Waals surface area contributed by atoms with E-state index in [1.807, 2.05) is 0 Å². The lowest BCUT2D eigenvalue weighted by atomic mass is 9.96. The van der Waals surface area contributed by atoms with Crippen LogP contribution in [0.4, 0.5) is 0 Å². The molecule has 33 heavy (non-hydrogen) atoms. The van der Waals surface area contributed by atoms with Gasteiger partial charge in [0.1, 0.15) is 0 Å². The predicted molar refractivity (Wildman–Crippen MR) is 122 cm³/mol. The topological polar surface area (TPSA) is 120 Å². The summed E-state index contributed by atoms with van der Waals surface area (Å²) in [5, 5.41) is 0. The normalized spacial score (nSPS) is 15.3. The van der Waals surface area contributed by atoms with Crippen molar-refractivity contribution in [3.63, 3.8) is 0 Å². The minimum Gasteiger partial charge on any atom is -0.380 e. The number of rotatable bonds is 8. The molecule has 4 rings (SSSR count). The van der Waals surface area contributed by atoms with E-state index in [0.717, 1.165) is 56.2 Å². The smallest absolute Gasteiger partial charge is 0.264 e. The summed E-state index contributed by atoms with van der Waals surface area (Å²) in [5.74, 6) is -0.596. The number of sulfone groups is 1. The number of nitrogens with one attached hydrogen (secondary N) is 1. The first-order valence-electron chi connectivity index (χ1n) is 11.0. The number of sulfonamides is 1. The first-order chi connectivity index (χ1) is 15.6. The summed E-state index contributed by atoms with van der Waals surface area (Å²) in [6.07, 6.45) is 7.52. The number of nitrogens with zero attached hydrogens (tertiary/aromatic N) is 1. The van der Waals surface area contributed by atoms with Crippen molar-refractivity contribution >= 4 is 25.8 Å². The van der Waals surface area contributed by atoms with E-state index in [2.05, 4.69) is 4.72 Å². The van der Waals surface area contributed by atoms with Gasteiger partial charge in [-0.05, 0) is 85.4 Å². The number of carbonyl (C=O) groups is 1. The van der Waals surface area contributed by atoms with Gasteiger partial charge in [0.25, 0.3) is 10.0 Å². The van der Waals surface area contributed by atoms with E-state index in [-0.39, 0.29) is 28.4 Å². The highest BCUT2D eigenvalue weighted by atomic mass is 32.2. The maximum absolute atomic E-state index is 12.9. The van der Waals surface area contributed by atoms with Crippen LogP contribution in [0.3, 0.4) is 0 Å². The summed E-state index contributed by atoms with van der Waals surface area (Å²) >= 11 is 0. The molecule has 1 heterocycles. The van der Waals surface area contributed by atoms with Crippen LogP contribution in [-0.4, -0.2) is 41.1 Å². The Kier molecular flexibility index (Phi) is 6.61. The molecule has 10 heteroatoms. The number of hydrogen-bond acceptors (Lipinski definition) is 7. The second-order valence-corrected chi connectivity index (χ2v) is 12.3. The second-order valence-electron chi connectivity index (χ2n) is 8.65. The number of benzene rings is 1. The van der Waals surface area contributed by atoms with Crippen LogP contribution >= 0.6 is 0 Å². The quantitative estimate of drug-likeness (QED) is 0.599. The lowest BCUT2D eigenvalue weighted by molar-refractivity contribution is -0.119. The second kappa shape index (κ2) is 9.15. The summed E-state index contributed by atoms with van der Waals surface area (Å²) in [6.45, 7) is -0.108. The average Bonchev–Trinajstić information content (AvgIpc) is 3.39. The van der Waals surface area contributed by atoms with E-state index in [1.165, 1.54) is 42.0 Å². The van der Waals surface area contributed by atoms with Gasteiger partial charge in [-0.2, -0.15) is 0 Å². The lowest BCUT2D eigenvalue weighted by Crippen LogP contribution is -2.31. The van der Waals surface area contributed by atoms with Crippen LogP contribution in [0, 0.1) is 0 Å². The SMILES string of the molecule is COCc1cc(S(C)(=O)=O)ccc1S(=O)(=O)NC(=O)CCc1c2c(nc3c1CCC3)CCC2. The first kappa shape index (κ1) is 23.8.